The molecule has 3 aromatic rings. The Balaban J connectivity index is 2.29. The molecule has 0 spiro atoms. The van der Waals surface area contributed by atoms with Gasteiger partial charge in [-0.1, -0.05) is 18.2 Å². The number of benzene rings is 1. The van der Waals surface area contributed by atoms with Crippen LogP contribution in [0.25, 0.3) is 17.1 Å². The number of H-pyrrole nitrogens is 2. The third kappa shape index (κ3) is 2.02. The summed E-state index contributed by atoms with van der Waals surface area (Å²) in [6.45, 7) is 0. The molecule has 0 amide bonds. The number of rotatable bonds is 2. The van der Waals surface area contributed by atoms with Crippen LogP contribution in [0.4, 0.5) is 0 Å². The quantitative estimate of drug-likeness (QED) is 0.702. The van der Waals surface area contributed by atoms with Crippen LogP contribution in [0.2, 0.25) is 0 Å². The highest BCUT2D eigenvalue weighted by Gasteiger charge is 2.12. The van der Waals surface area contributed by atoms with Gasteiger partial charge in [-0.25, -0.2) is 0 Å². The number of aromatic nitrogens is 4. The molecule has 0 atom stereocenters. The molecular formula is C13H10N4OS. The van der Waals surface area contributed by atoms with Crippen molar-refractivity contribution in [3.05, 3.63) is 63.8 Å². The molecule has 0 saturated carbocycles. The first kappa shape index (κ1) is 11.6. The van der Waals surface area contributed by atoms with Crippen molar-refractivity contribution in [2.75, 3.05) is 0 Å². The van der Waals surface area contributed by atoms with Crippen molar-refractivity contribution < 1.29 is 0 Å². The number of aromatic amines is 2. The largest absolute Gasteiger partial charge is 0.367 e. The summed E-state index contributed by atoms with van der Waals surface area (Å²) in [6.07, 6.45) is 3.20. The molecular weight excluding hydrogens is 260 g/mol. The average Bonchev–Trinajstić information content (AvgIpc) is 2.82. The van der Waals surface area contributed by atoms with Gasteiger partial charge in [-0.3, -0.25) is 14.5 Å². The number of nitrogens with zero attached hydrogens (tertiary/aromatic N) is 2. The maximum atomic E-state index is 11.9. The molecule has 6 heteroatoms. The van der Waals surface area contributed by atoms with Crippen LogP contribution < -0.4 is 5.43 Å². The van der Waals surface area contributed by atoms with Crippen molar-refractivity contribution in [3.63, 3.8) is 0 Å². The standard InChI is InChI=1S/C13H10N4OS/c18-11-6-7-14-8-10(11)12-15-16-13(19)17(12)9-4-2-1-3-5-9/h1-8H,(H,14,18)(H,16,19). The molecule has 0 saturated heterocycles. The summed E-state index contributed by atoms with van der Waals surface area (Å²) in [4.78, 5) is 14.8. The zero-order valence-corrected chi connectivity index (χ0v) is 10.6. The summed E-state index contributed by atoms with van der Waals surface area (Å²) >= 11 is 5.23. The van der Waals surface area contributed by atoms with E-state index in [0.29, 0.717) is 16.2 Å². The molecule has 0 unspecified atom stereocenters. The second-order valence-electron chi connectivity index (χ2n) is 3.95. The Kier molecular flexibility index (Phi) is 2.85. The zero-order chi connectivity index (χ0) is 13.2. The van der Waals surface area contributed by atoms with Gasteiger partial charge in [0.05, 0.1) is 5.56 Å². The van der Waals surface area contributed by atoms with Crippen LogP contribution in [-0.2, 0) is 0 Å². The Morgan fingerprint density at radius 2 is 1.95 bits per heavy atom. The van der Waals surface area contributed by atoms with Crippen LogP contribution >= 0.6 is 12.2 Å². The number of pyridine rings is 1. The third-order valence-electron chi connectivity index (χ3n) is 2.75. The fraction of sp³-hybridized carbons (Fsp3) is 0. The fourth-order valence-corrected chi connectivity index (χ4v) is 2.12. The highest BCUT2D eigenvalue weighted by atomic mass is 32.1. The van der Waals surface area contributed by atoms with Crippen LogP contribution in [0.15, 0.2) is 53.6 Å². The monoisotopic (exact) mass is 270 g/mol. The second kappa shape index (κ2) is 4.66. The maximum absolute atomic E-state index is 11.9. The minimum absolute atomic E-state index is 0.107. The molecule has 2 heterocycles. The molecule has 0 aliphatic rings. The number of nitrogens with one attached hydrogen (secondary N) is 2. The minimum atomic E-state index is -0.107. The lowest BCUT2D eigenvalue weighted by Crippen LogP contribution is -2.07. The molecule has 5 nitrogen and oxygen atoms in total. The van der Waals surface area contributed by atoms with Crippen molar-refractivity contribution in [1.29, 1.82) is 0 Å². The van der Waals surface area contributed by atoms with E-state index in [0.717, 1.165) is 5.69 Å². The van der Waals surface area contributed by atoms with Crippen LogP contribution in [0.3, 0.4) is 0 Å². The van der Waals surface area contributed by atoms with Gasteiger partial charge < -0.3 is 4.98 Å². The summed E-state index contributed by atoms with van der Waals surface area (Å²) in [5.41, 5.74) is 1.23. The Morgan fingerprint density at radius 1 is 1.16 bits per heavy atom. The minimum Gasteiger partial charge on any atom is -0.367 e. The van der Waals surface area contributed by atoms with Crippen LogP contribution in [-0.4, -0.2) is 19.7 Å². The van der Waals surface area contributed by atoms with Gasteiger partial charge in [0.1, 0.15) is 0 Å². The van der Waals surface area contributed by atoms with E-state index < -0.39 is 0 Å². The molecule has 2 N–H and O–H groups in total. The van der Waals surface area contributed by atoms with Crippen LogP contribution in [0.1, 0.15) is 0 Å². The van der Waals surface area contributed by atoms with Gasteiger partial charge in [-0.05, 0) is 24.4 Å². The third-order valence-corrected chi connectivity index (χ3v) is 3.03. The zero-order valence-electron chi connectivity index (χ0n) is 9.83. The van der Waals surface area contributed by atoms with Gasteiger partial charge in [0.15, 0.2) is 16.0 Å². The molecule has 0 aliphatic carbocycles. The highest BCUT2D eigenvalue weighted by Crippen LogP contribution is 2.17. The molecule has 0 radical (unpaired) electrons. The Labute approximate surface area is 113 Å². The van der Waals surface area contributed by atoms with Crippen molar-refractivity contribution in [1.82, 2.24) is 19.7 Å². The Morgan fingerprint density at radius 3 is 2.68 bits per heavy atom. The first-order chi connectivity index (χ1) is 9.27. The summed E-state index contributed by atoms with van der Waals surface area (Å²) in [6, 6.07) is 11.0. The average molecular weight is 270 g/mol. The number of hydrogen-bond donors (Lipinski definition) is 2. The van der Waals surface area contributed by atoms with Gasteiger partial charge in [-0.15, -0.1) is 0 Å². The lowest BCUT2D eigenvalue weighted by molar-refractivity contribution is 1.03. The highest BCUT2D eigenvalue weighted by molar-refractivity contribution is 7.71. The van der Waals surface area contributed by atoms with E-state index >= 15 is 0 Å². The van der Waals surface area contributed by atoms with Gasteiger partial charge >= 0.3 is 0 Å². The van der Waals surface area contributed by atoms with Crippen molar-refractivity contribution >= 4 is 12.2 Å². The van der Waals surface area contributed by atoms with E-state index in [1.165, 1.54) is 6.07 Å². The smallest absolute Gasteiger partial charge is 0.200 e. The topological polar surface area (TPSA) is 66.5 Å². The summed E-state index contributed by atoms with van der Waals surface area (Å²) < 4.78 is 2.18. The predicted molar refractivity (Wildman–Crippen MR) is 74.8 cm³/mol. The van der Waals surface area contributed by atoms with E-state index in [4.69, 9.17) is 12.2 Å². The van der Waals surface area contributed by atoms with Gasteiger partial charge in [-0.2, -0.15) is 5.10 Å². The van der Waals surface area contributed by atoms with Crippen LogP contribution in [0.5, 0.6) is 0 Å². The van der Waals surface area contributed by atoms with Crippen molar-refractivity contribution in [2.24, 2.45) is 0 Å². The normalized spacial score (nSPS) is 10.5. The van der Waals surface area contributed by atoms with Gasteiger partial charge in [0.2, 0.25) is 0 Å². The lowest BCUT2D eigenvalue weighted by atomic mass is 10.2. The number of para-hydroxylation sites is 1. The molecule has 2 aromatic heterocycles. The predicted octanol–water partition coefficient (Wildman–Crippen LogP) is 2.29. The Bertz CT molecular complexity index is 816. The Hall–Kier alpha value is -2.47. The van der Waals surface area contributed by atoms with E-state index in [1.807, 2.05) is 30.3 Å². The molecule has 19 heavy (non-hydrogen) atoms. The first-order valence-corrected chi connectivity index (χ1v) is 6.08. The maximum Gasteiger partial charge on any atom is 0.200 e. The van der Waals surface area contributed by atoms with Crippen molar-refractivity contribution in [2.45, 2.75) is 0 Å². The molecule has 0 bridgehead atoms. The molecule has 94 valence electrons. The fourth-order valence-electron chi connectivity index (χ4n) is 1.89. The van der Waals surface area contributed by atoms with E-state index in [9.17, 15) is 4.79 Å². The SMILES string of the molecule is O=c1cc[nH]cc1-c1n[nH]c(=S)n1-c1ccccc1. The molecule has 0 aliphatic heterocycles. The number of hydrogen-bond acceptors (Lipinski definition) is 3. The molecule has 0 fully saturated rings. The van der Waals surface area contributed by atoms with E-state index in [-0.39, 0.29) is 5.43 Å². The van der Waals surface area contributed by atoms with E-state index in [1.54, 1.807) is 17.0 Å². The second-order valence-corrected chi connectivity index (χ2v) is 4.33. The van der Waals surface area contributed by atoms with Crippen LogP contribution in [0, 0.1) is 4.77 Å². The molecule has 1 aromatic carbocycles. The van der Waals surface area contributed by atoms with Crippen molar-refractivity contribution in [3.8, 4) is 17.1 Å². The van der Waals surface area contributed by atoms with E-state index in [2.05, 4.69) is 15.2 Å². The summed E-state index contributed by atoms with van der Waals surface area (Å²) in [5, 5.41) is 6.87. The first-order valence-electron chi connectivity index (χ1n) is 5.67. The lowest BCUT2D eigenvalue weighted by Gasteiger charge is -2.05. The summed E-state index contributed by atoms with van der Waals surface area (Å²) in [5.74, 6) is 0.498. The van der Waals surface area contributed by atoms with Gasteiger partial charge in [0.25, 0.3) is 0 Å². The summed E-state index contributed by atoms with van der Waals surface area (Å²) in [7, 11) is 0. The molecule has 3 rings (SSSR count). The van der Waals surface area contributed by atoms with Gasteiger partial charge in [0, 0.05) is 24.1 Å².